The predicted octanol–water partition coefficient (Wildman–Crippen LogP) is 2.40. The van der Waals surface area contributed by atoms with Gasteiger partial charge < -0.3 is 15.6 Å². The molecule has 3 heterocycles. The Balaban J connectivity index is 1.59. The number of benzene rings is 1. The van der Waals surface area contributed by atoms with Crippen molar-refractivity contribution in [2.75, 3.05) is 6.54 Å². The Morgan fingerprint density at radius 3 is 2.81 bits per heavy atom. The molecule has 0 aliphatic carbocycles. The van der Waals surface area contributed by atoms with Gasteiger partial charge in [0.15, 0.2) is 0 Å². The average Bonchev–Trinajstić information content (AvgIpc) is 2.99. The topological polar surface area (TPSA) is 86.9 Å². The Morgan fingerprint density at radius 1 is 1.15 bits per heavy atom. The van der Waals surface area contributed by atoms with E-state index in [0.29, 0.717) is 18.8 Å². The first-order valence-electron chi connectivity index (χ1n) is 8.46. The Bertz CT molecular complexity index is 1010. The molecule has 0 saturated heterocycles. The molecule has 3 N–H and O–H groups in total. The SMILES string of the molecule is O=C(CC1=CCNC(=O)c2[nH]c3ccccc3c21)NCc1ccncc1. The van der Waals surface area contributed by atoms with Crippen molar-refractivity contribution in [3.05, 3.63) is 71.7 Å². The van der Waals surface area contributed by atoms with Crippen molar-refractivity contribution in [1.29, 1.82) is 0 Å². The second kappa shape index (κ2) is 6.84. The summed E-state index contributed by atoms with van der Waals surface area (Å²) in [6.07, 6.45) is 5.53. The van der Waals surface area contributed by atoms with E-state index < -0.39 is 0 Å². The van der Waals surface area contributed by atoms with Crippen LogP contribution in [0.3, 0.4) is 0 Å². The highest BCUT2D eigenvalue weighted by atomic mass is 16.2. The van der Waals surface area contributed by atoms with E-state index in [0.717, 1.165) is 27.6 Å². The molecule has 0 spiro atoms. The lowest BCUT2D eigenvalue weighted by molar-refractivity contribution is -0.120. The number of fused-ring (bicyclic) bond motifs is 3. The van der Waals surface area contributed by atoms with Crippen molar-refractivity contribution in [2.24, 2.45) is 0 Å². The molecule has 130 valence electrons. The number of aromatic amines is 1. The van der Waals surface area contributed by atoms with E-state index in [4.69, 9.17) is 0 Å². The van der Waals surface area contributed by atoms with Crippen molar-refractivity contribution >= 4 is 28.3 Å². The number of hydrogen-bond acceptors (Lipinski definition) is 3. The summed E-state index contributed by atoms with van der Waals surface area (Å²) in [6, 6.07) is 11.5. The van der Waals surface area contributed by atoms with Crippen molar-refractivity contribution in [3.8, 4) is 0 Å². The highest BCUT2D eigenvalue weighted by molar-refractivity contribution is 6.09. The van der Waals surface area contributed by atoms with Gasteiger partial charge in [0, 0.05) is 41.9 Å². The summed E-state index contributed by atoms with van der Waals surface area (Å²) < 4.78 is 0. The van der Waals surface area contributed by atoms with Crippen molar-refractivity contribution in [2.45, 2.75) is 13.0 Å². The standard InChI is InChI=1S/C20H18N4O2/c25-17(23-12-13-5-8-21-9-6-13)11-14-7-10-22-20(26)19-18(14)15-3-1-2-4-16(15)24-19/h1-9,24H,10-12H2,(H,22,26)(H,23,25). The quantitative estimate of drug-likeness (QED) is 0.678. The average molecular weight is 346 g/mol. The highest BCUT2D eigenvalue weighted by Crippen LogP contribution is 2.32. The molecule has 4 rings (SSSR count). The van der Waals surface area contributed by atoms with Crippen LogP contribution in [0.5, 0.6) is 0 Å². The van der Waals surface area contributed by atoms with Gasteiger partial charge in [-0.25, -0.2) is 0 Å². The van der Waals surface area contributed by atoms with E-state index in [9.17, 15) is 9.59 Å². The maximum Gasteiger partial charge on any atom is 0.268 e. The van der Waals surface area contributed by atoms with E-state index in [1.54, 1.807) is 12.4 Å². The van der Waals surface area contributed by atoms with E-state index in [2.05, 4.69) is 20.6 Å². The number of H-pyrrole nitrogens is 1. The largest absolute Gasteiger partial charge is 0.352 e. The molecule has 6 heteroatoms. The lowest BCUT2D eigenvalue weighted by Crippen LogP contribution is -2.23. The van der Waals surface area contributed by atoms with Crippen molar-refractivity contribution < 1.29 is 9.59 Å². The number of nitrogens with one attached hydrogen (secondary N) is 3. The summed E-state index contributed by atoms with van der Waals surface area (Å²) in [5.41, 5.74) is 4.06. The molecule has 2 amide bonds. The molecule has 0 fully saturated rings. The lowest BCUT2D eigenvalue weighted by atomic mass is 9.98. The molecule has 0 unspecified atom stereocenters. The molecule has 0 atom stereocenters. The van der Waals surface area contributed by atoms with Crippen LogP contribution in [0.15, 0.2) is 54.9 Å². The molecule has 0 radical (unpaired) electrons. The Morgan fingerprint density at radius 2 is 1.96 bits per heavy atom. The maximum absolute atomic E-state index is 12.5. The van der Waals surface area contributed by atoms with Crippen LogP contribution in [-0.4, -0.2) is 28.3 Å². The fraction of sp³-hybridized carbons (Fsp3) is 0.150. The number of aromatic nitrogens is 2. The molecule has 1 aliphatic heterocycles. The molecular weight excluding hydrogens is 328 g/mol. The Kier molecular flexibility index (Phi) is 4.23. The summed E-state index contributed by atoms with van der Waals surface area (Å²) in [5, 5.41) is 6.71. The predicted molar refractivity (Wildman–Crippen MR) is 99.3 cm³/mol. The number of rotatable bonds is 4. The normalized spacial score (nSPS) is 13.5. The number of para-hydroxylation sites is 1. The third kappa shape index (κ3) is 3.09. The van der Waals surface area contributed by atoms with Gasteiger partial charge in [-0.2, -0.15) is 0 Å². The van der Waals surface area contributed by atoms with Crippen LogP contribution >= 0.6 is 0 Å². The number of hydrogen-bond donors (Lipinski definition) is 3. The fourth-order valence-electron chi connectivity index (χ4n) is 3.20. The summed E-state index contributed by atoms with van der Waals surface area (Å²) in [6.45, 7) is 0.856. The molecule has 1 aliphatic rings. The van der Waals surface area contributed by atoms with Gasteiger partial charge >= 0.3 is 0 Å². The first-order chi connectivity index (χ1) is 12.7. The molecule has 2 aromatic heterocycles. The van der Waals surface area contributed by atoms with Crippen LogP contribution in [0.25, 0.3) is 16.5 Å². The number of carbonyl (C=O) groups excluding carboxylic acids is 2. The minimum Gasteiger partial charge on any atom is -0.352 e. The van der Waals surface area contributed by atoms with Gasteiger partial charge in [-0.3, -0.25) is 14.6 Å². The van der Waals surface area contributed by atoms with Gasteiger partial charge in [-0.15, -0.1) is 0 Å². The minimum absolute atomic E-state index is 0.0846. The lowest BCUT2D eigenvalue weighted by Gasteiger charge is -2.09. The zero-order valence-electron chi connectivity index (χ0n) is 14.1. The number of pyridine rings is 1. The second-order valence-corrected chi connectivity index (χ2v) is 6.17. The highest BCUT2D eigenvalue weighted by Gasteiger charge is 2.23. The van der Waals surface area contributed by atoms with E-state index >= 15 is 0 Å². The third-order valence-corrected chi connectivity index (χ3v) is 4.46. The first-order valence-corrected chi connectivity index (χ1v) is 8.46. The smallest absolute Gasteiger partial charge is 0.268 e. The molecule has 3 aromatic rings. The van der Waals surface area contributed by atoms with Crippen LogP contribution in [0.4, 0.5) is 0 Å². The Hall–Kier alpha value is -3.41. The van der Waals surface area contributed by atoms with E-state index in [-0.39, 0.29) is 18.2 Å². The molecular formula is C20H18N4O2. The number of nitrogens with zero attached hydrogens (tertiary/aromatic N) is 1. The zero-order chi connectivity index (χ0) is 17.9. The molecule has 6 nitrogen and oxygen atoms in total. The van der Waals surface area contributed by atoms with E-state index in [1.165, 1.54) is 0 Å². The molecule has 0 saturated carbocycles. The zero-order valence-corrected chi connectivity index (χ0v) is 14.1. The van der Waals surface area contributed by atoms with Gasteiger partial charge in [-0.1, -0.05) is 24.3 Å². The fourth-order valence-corrected chi connectivity index (χ4v) is 3.20. The molecule has 1 aromatic carbocycles. The van der Waals surface area contributed by atoms with Crippen molar-refractivity contribution in [1.82, 2.24) is 20.6 Å². The Labute approximate surface area is 150 Å². The summed E-state index contributed by atoms with van der Waals surface area (Å²) in [7, 11) is 0. The van der Waals surface area contributed by atoms with Crippen LogP contribution in [0.2, 0.25) is 0 Å². The van der Waals surface area contributed by atoms with Gasteiger partial charge in [0.25, 0.3) is 5.91 Å². The number of amides is 2. The van der Waals surface area contributed by atoms with Gasteiger partial charge in [0.2, 0.25) is 5.91 Å². The molecule has 0 bridgehead atoms. The van der Waals surface area contributed by atoms with Crippen LogP contribution in [0, 0.1) is 0 Å². The maximum atomic E-state index is 12.5. The minimum atomic E-state index is -0.153. The van der Waals surface area contributed by atoms with Crippen molar-refractivity contribution in [3.63, 3.8) is 0 Å². The number of carbonyl (C=O) groups is 2. The first kappa shape index (κ1) is 16.1. The summed E-state index contributed by atoms with van der Waals surface area (Å²) >= 11 is 0. The summed E-state index contributed by atoms with van der Waals surface area (Å²) in [5.74, 6) is -0.238. The summed E-state index contributed by atoms with van der Waals surface area (Å²) in [4.78, 5) is 31.9. The van der Waals surface area contributed by atoms with Crippen LogP contribution < -0.4 is 10.6 Å². The van der Waals surface area contributed by atoms with Crippen LogP contribution in [-0.2, 0) is 11.3 Å². The third-order valence-electron chi connectivity index (χ3n) is 4.46. The molecule has 26 heavy (non-hydrogen) atoms. The van der Waals surface area contributed by atoms with Gasteiger partial charge in [-0.05, 0) is 29.3 Å². The van der Waals surface area contributed by atoms with Gasteiger partial charge in [0.05, 0.1) is 6.42 Å². The second-order valence-electron chi connectivity index (χ2n) is 6.17. The van der Waals surface area contributed by atoms with Crippen LogP contribution in [0.1, 0.15) is 28.0 Å². The monoisotopic (exact) mass is 346 g/mol. The van der Waals surface area contributed by atoms with Gasteiger partial charge in [0.1, 0.15) is 5.69 Å². The van der Waals surface area contributed by atoms with E-state index in [1.807, 2.05) is 42.5 Å².